The molecular weight excluding hydrogens is 166 g/mol. The Morgan fingerprint density at radius 3 is 3.00 bits per heavy atom. The number of hydrogen-bond acceptors (Lipinski definition) is 3. The Balaban J connectivity index is 2.31. The van der Waals surface area contributed by atoms with E-state index in [2.05, 4.69) is 17.2 Å². The quantitative estimate of drug-likeness (QED) is 0.623. The topological polar surface area (TPSA) is 39.9 Å². The lowest BCUT2D eigenvalue weighted by molar-refractivity contribution is 0.136. The van der Waals surface area contributed by atoms with Crippen molar-refractivity contribution in [1.29, 1.82) is 0 Å². The van der Waals surface area contributed by atoms with Gasteiger partial charge >= 0.3 is 0 Å². The van der Waals surface area contributed by atoms with Crippen molar-refractivity contribution in [3.8, 4) is 0 Å². The highest BCUT2D eigenvalue weighted by Crippen LogP contribution is 1.96. The van der Waals surface area contributed by atoms with Crippen LogP contribution in [0.25, 0.3) is 0 Å². The first-order chi connectivity index (χ1) is 6.36. The number of hydrogen-bond donors (Lipinski definition) is 0. The van der Waals surface area contributed by atoms with Gasteiger partial charge in [0.15, 0.2) is 0 Å². The molecule has 0 aliphatic rings. The second-order valence-electron chi connectivity index (χ2n) is 2.92. The minimum atomic E-state index is 0.714. The first-order valence-corrected chi connectivity index (χ1v) is 4.83. The Morgan fingerprint density at radius 1 is 1.46 bits per heavy atom. The molecule has 0 unspecified atom stereocenters. The summed E-state index contributed by atoms with van der Waals surface area (Å²) in [5, 5.41) is 8.04. The molecule has 0 aromatic carbocycles. The van der Waals surface area contributed by atoms with Crippen LogP contribution in [0.1, 0.15) is 26.0 Å². The van der Waals surface area contributed by atoms with Gasteiger partial charge in [0.05, 0.1) is 18.8 Å². The minimum absolute atomic E-state index is 0.714. The largest absolute Gasteiger partial charge is 0.380 e. The third-order valence-corrected chi connectivity index (χ3v) is 1.76. The average molecular weight is 183 g/mol. The van der Waals surface area contributed by atoms with Gasteiger partial charge in [0.25, 0.3) is 0 Å². The van der Waals surface area contributed by atoms with Crippen molar-refractivity contribution in [3.05, 3.63) is 11.9 Å². The van der Waals surface area contributed by atoms with Gasteiger partial charge in [0.1, 0.15) is 0 Å². The number of ether oxygens (including phenoxy) is 1. The van der Waals surface area contributed by atoms with E-state index in [9.17, 15) is 0 Å². The second kappa shape index (κ2) is 5.70. The van der Waals surface area contributed by atoms with Crippen molar-refractivity contribution < 1.29 is 4.74 Å². The maximum atomic E-state index is 5.22. The van der Waals surface area contributed by atoms with Crippen molar-refractivity contribution >= 4 is 0 Å². The maximum Gasteiger partial charge on any atom is 0.0827 e. The average Bonchev–Trinajstić information content (AvgIpc) is 2.54. The molecule has 0 amide bonds. The van der Waals surface area contributed by atoms with Gasteiger partial charge in [-0.2, -0.15) is 0 Å². The third kappa shape index (κ3) is 3.55. The molecule has 4 heteroatoms. The van der Waals surface area contributed by atoms with E-state index in [4.69, 9.17) is 4.74 Å². The Hall–Kier alpha value is -0.900. The monoisotopic (exact) mass is 183 g/mol. The zero-order valence-electron chi connectivity index (χ0n) is 8.36. The maximum absolute atomic E-state index is 5.22. The van der Waals surface area contributed by atoms with Crippen LogP contribution in [0.15, 0.2) is 6.20 Å². The summed E-state index contributed by atoms with van der Waals surface area (Å²) in [4.78, 5) is 0. The zero-order valence-corrected chi connectivity index (χ0v) is 8.36. The lowest BCUT2D eigenvalue weighted by atomic mass is 10.3. The summed E-state index contributed by atoms with van der Waals surface area (Å²) in [6.45, 7) is 6.40. The molecule has 0 radical (unpaired) electrons. The molecule has 0 saturated heterocycles. The molecule has 1 heterocycles. The van der Waals surface area contributed by atoms with Crippen LogP contribution < -0.4 is 0 Å². The highest BCUT2D eigenvalue weighted by molar-refractivity contribution is 4.91. The van der Waals surface area contributed by atoms with Crippen LogP contribution in [0.4, 0.5) is 0 Å². The van der Waals surface area contributed by atoms with Crippen molar-refractivity contribution in [1.82, 2.24) is 15.0 Å². The lowest BCUT2D eigenvalue weighted by Gasteiger charge is -1.99. The molecule has 0 spiro atoms. The van der Waals surface area contributed by atoms with Gasteiger partial charge in [0.2, 0.25) is 0 Å². The molecule has 0 saturated carbocycles. The van der Waals surface area contributed by atoms with Crippen molar-refractivity contribution in [2.45, 2.75) is 33.2 Å². The highest BCUT2D eigenvalue weighted by atomic mass is 16.5. The fraction of sp³-hybridized carbons (Fsp3) is 0.778. The van der Waals surface area contributed by atoms with E-state index in [1.807, 2.05) is 17.8 Å². The molecule has 74 valence electrons. The lowest BCUT2D eigenvalue weighted by Crippen LogP contribution is -2.06. The van der Waals surface area contributed by atoms with E-state index < -0.39 is 0 Å². The molecular formula is C9H17N3O. The van der Waals surface area contributed by atoms with Gasteiger partial charge < -0.3 is 4.74 Å². The number of nitrogens with zero attached hydrogens (tertiary/aromatic N) is 3. The Morgan fingerprint density at radius 2 is 2.31 bits per heavy atom. The van der Waals surface area contributed by atoms with Gasteiger partial charge in [0, 0.05) is 12.8 Å². The smallest absolute Gasteiger partial charge is 0.0827 e. The van der Waals surface area contributed by atoms with Gasteiger partial charge in [-0.1, -0.05) is 18.6 Å². The number of aromatic nitrogens is 3. The van der Waals surface area contributed by atoms with E-state index in [0.29, 0.717) is 6.61 Å². The minimum Gasteiger partial charge on any atom is -0.380 e. The van der Waals surface area contributed by atoms with Crippen LogP contribution in [-0.2, 0) is 17.7 Å². The van der Waals surface area contributed by atoms with E-state index in [1.54, 1.807) is 0 Å². The summed E-state index contributed by atoms with van der Waals surface area (Å²) in [6, 6.07) is 0. The summed E-state index contributed by atoms with van der Waals surface area (Å²) in [7, 11) is 0. The molecule has 13 heavy (non-hydrogen) atoms. The molecule has 0 aliphatic carbocycles. The van der Waals surface area contributed by atoms with Crippen molar-refractivity contribution in [2.24, 2.45) is 0 Å². The molecule has 0 fully saturated rings. The third-order valence-electron chi connectivity index (χ3n) is 1.76. The van der Waals surface area contributed by atoms with Crippen molar-refractivity contribution in [2.75, 3.05) is 13.2 Å². The fourth-order valence-electron chi connectivity index (χ4n) is 1.12. The van der Waals surface area contributed by atoms with Gasteiger partial charge in [-0.3, -0.25) is 0 Å². The summed E-state index contributed by atoms with van der Waals surface area (Å²) in [5.41, 5.74) is 1.07. The number of rotatable bonds is 6. The zero-order chi connectivity index (χ0) is 9.52. The van der Waals surface area contributed by atoms with E-state index in [-0.39, 0.29) is 0 Å². The van der Waals surface area contributed by atoms with E-state index in [1.165, 1.54) is 0 Å². The van der Waals surface area contributed by atoms with Crippen LogP contribution >= 0.6 is 0 Å². The predicted octanol–water partition coefficient (Wildman–Crippen LogP) is 1.27. The van der Waals surface area contributed by atoms with Gasteiger partial charge in [-0.25, -0.2) is 4.68 Å². The van der Waals surface area contributed by atoms with Crippen LogP contribution in [-0.4, -0.2) is 28.2 Å². The predicted molar refractivity (Wildman–Crippen MR) is 50.5 cm³/mol. The molecule has 1 aromatic heterocycles. The second-order valence-corrected chi connectivity index (χ2v) is 2.92. The van der Waals surface area contributed by atoms with Crippen molar-refractivity contribution in [3.63, 3.8) is 0 Å². The van der Waals surface area contributed by atoms with Crippen LogP contribution in [0.2, 0.25) is 0 Å². The first-order valence-electron chi connectivity index (χ1n) is 4.83. The highest BCUT2D eigenvalue weighted by Gasteiger charge is 1.98. The SMILES string of the molecule is CCCc1cn(CCOCC)nn1. The summed E-state index contributed by atoms with van der Waals surface area (Å²) >= 11 is 0. The molecule has 0 aliphatic heterocycles. The van der Waals surface area contributed by atoms with Crippen LogP contribution in [0, 0.1) is 0 Å². The molecule has 0 bridgehead atoms. The van der Waals surface area contributed by atoms with Gasteiger partial charge in [-0.05, 0) is 13.3 Å². The standard InChI is InChI=1S/C9H17N3O/c1-3-5-9-8-12(11-10-9)6-7-13-4-2/h8H,3-7H2,1-2H3. The molecule has 1 aromatic rings. The molecule has 0 N–H and O–H groups in total. The number of aryl methyl sites for hydroxylation is 1. The first kappa shape index (κ1) is 10.2. The molecule has 1 rings (SSSR count). The Labute approximate surface area is 78.9 Å². The van der Waals surface area contributed by atoms with E-state index >= 15 is 0 Å². The fourth-order valence-corrected chi connectivity index (χ4v) is 1.12. The van der Waals surface area contributed by atoms with Gasteiger partial charge in [-0.15, -0.1) is 5.10 Å². The summed E-state index contributed by atoms with van der Waals surface area (Å²) in [5.74, 6) is 0. The summed E-state index contributed by atoms with van der Waals surface area (Å²) < 4.78 is 7.05. The van der Waals surface area contributed by atoms with E-state index in [0.717, 1.165) is 31.7 Å². The Bertz CT molecular complexity index is 235. The summed E-state index contributed by atoms with van der Waals surface area (Å²) in [6.07, 6.45) is 4.11. The molecule has 0 atom stereocenters. The van der Waals surface area contributed by atoms with Crippen LogP contribution in [0.3, 0.4) is 0 Å². The Kier molecular flexibility index (Phi) is 4.46. The molecule has 4 nitrogen and oxygen atoms in total. The van der Waals surface area contributed by atoms with Crippen LogP contribution in [0.5, 0.6) is 0 Å². The normalized spacial score (nSPS) is 10.6.